The van der Waals surface area contributed by atoms with E-state index in [4.69, 9.17) is 11.6 Å². The molecule has 0 saturated carbocycles. The summed E-state index contributed by atoms with van der Waals surface area (Å²) < 4.78 is 38.2. The molecule has 1 aliphatic heterocycles. The van der Waals surface area contributed by atoms with Crippen LogP contribution in [0.3, 0.4) is 0 Å². The molecule has 27 heavy (non-hydrogen) atoms. The van der Waals surface area contributed by atoms with Gasteiger partial charge in [0.15, 0.2) is 0 Å². The predicted molar refractivity (Wildman–Crippen MR) is 99.0 cm³/mol. The SMILES string of the molecule is O=C(CSc1ccccc1)N1CCN(c2[nH+]cc(C(F)(F)F)cc2Cl)CC1. The number of aromatic amines is 1. The highest BCUT2D eigenvalue weighted by Gasteiger charge is 2.34. The summed E-state index contributed by atoms with van der Waals surface area (Å²) in [6, 6.07) is 10.6. The van der Waals surface area contributed by atoms with E-state index in [1.165, 1.54) is 11.8 Å². The Labute approximate surface area is 164 Å². The lowest BCUT2D eigenvalue weighted by atomic mass is 10.2. The van der Waals surface area contributed by atoms with Crippen LogP contribution in [0.25, 0.3) is 0 Å². The molecule has 0 bridgehead atoms. The van der Waals surface area contributed by atoms with E-state index < -0.39 is 11.7 Å². The molecule has 1 fully saturated rings. The largest absolute Gasteiger partial charge is 0.419 e. The van der Waals surface area contributed by atoms with Gasteiger partial charge in [-0.25, -0.2) is 4.98 Å². The Morgan fingerprint density at radius 2 is 1.81 bits per heavy atom. The number of rotatable bonds is 4. The van der Waals surface area contributed by atoms with E-state index in [0.29, 0.717) is 37.7 Å². The number of carbonyl (C=O) groups is 1. The first-order chi connectivity index (χ1) is 12.8. The molecule has 1 amide bonds. The van der Waals surface area contributed by atoms with Crippen molar-refractivity contribution in [3.63, 3.8) is 0 Å². The number of thioether (sulfide) groups is 1. The first-order valence-corrected chi connectivity index (χ1v) is 9.70. The lowest BCUT2D eigenvalue weighted by Gasteiger charge is -2.31. The number of H-pyrrole nitrogens is 1. The van der Waals surface area contributed by atoms with Gasteiger partial charge in [-0.15, -0.1) is 11.8 Å². The first-order valence-electron chi connectivity index (χ1n) is 8.33. The molecule has 4 nitrogen and oxygen atoms in total. The smallest absolute Gasteiger partial charge is 0.334 e. The zero-order chi connectivity index (χ0) is 19.4. The fourth-order valence-electron chi connectivity index (χ4n) is 2.80. The topological polar surface area (TPSA) is 37.7 Å². The third-order valence-electron chi connectivity index (χ3n) is 4.25. The van der Waals surface area contributed by atoms with E-state index in [0.717, 1.165) is 17.2 Å². The summed E-state index contributed by atoms with van der Waals surface area (Å²) in [7, 11) is 0. The number of piperazine rings is 1. The second kappa shape index (κ2) is 8.39. The monoisotopic (exact) mass is 416 g/mol. The van der Waals surface area contributed by atoms with Crippen molar-refractivity contribution in [2.24, 2.45) is 0 Å². The second-order valence-corrected chi connectivity index (χ2v) is 7.51. The number of nitrogens with zero attached hydrogens (tertiary/aromatic N) is 2. The molecule has 144 valence electrons. The van der Waals surface area contributed by atoms with Crippen LogP contribution in [0.2, 0.25) is 5.02 Å². The summed E-state index contributed by atoms with van der Waals surface area (Å²) in [5.41, 5.74) is -0.817. The summed E-state index contributed by atoms with van der Waals surface area (Å²) in [6.45, 7) is 2.01. The molecule has 2 aromatic rings. The molecule has 9 heteroatoms. The maximum Gasteiger partial charge on any atom is 0.419 e. The van der Waals surface area contributed by atoms with Gasteiger partial charge in [-0.3, -0.25) is 9.69 Å². The number of amides is 1. The Balaban J connectivity index is 1.55. The molecule has 1 N–H and O–H groups in total. The summed E-state index contributed by atoms with van der Waals surface area (Å²) >= 11 is 7.52. The van der Waals surface area contributed by atoms with Crippen LogP contribution in [0.4, 0.5) is 19.0 Å². The third-order valence-corrected chi connectivity index (χ3v) is 5.54. The minimum absolute atomic E-state index is 0.0178. The summed E-state index contributed by atoms with van der Waals surface area (Å²) in [4.78, 5) is 19.7. The average Bonchev–Trinajstić information content (AvgIpc) is 2.66. The summed E-state index contributed by atoms with van der Waals surface area (Å²) in [6.07, 6.45) is -3.53. The van der Waals surface area contributed by atoms with Crippen LogP contribution in [-0.4, -0.2) is 42.7 Å². The van der Waals surface area contributed by atoms with Crippen molar-refractivity contribution >= 4 is 35.1 Å². The van der Waals surface area contributed by atoms with E-state index in [2.05, 4.69) is 4.98 Å². The molecular formula is C18H18ClF3N3OS+. The zero-order valence-electron chi connectivity index (χ0n) is 14.3. The van der Waals surface area contributed by atoms with Crippen LogP contribution < -0.4 is 9.88 Å². The highest BCUT2D eigenvalue weighted by Crippen LogP contribution is 2.32. The normalized spacial score (nSPS) is 15.1. The number of alkyl halides is 3. The minimum Gasteiger partial charge on any atom is -0.334 e. The maximum atomic E-state index is 12.7. The van der Waals surface area contributed by atoms with Crippen LogP contribution in [0.5, 0.6) is 0 Å². The van der Waals surface area contributed by atoms with Crippen LogP contribution in [0.15, 0.2) is 47.5 Å². The fourth-order valence-corrected chi connectivity index (χ4v) is 3.91. The van der Waals surface area contributed by atoms with Gasteiger partial charge in [0, 0.05) is 4.90 Å². The molecule has 0 spiro atoms. The van der Waals surface area contributed by atoms with Gasteiger partial charge in [-0.1, -0.05) is 29.8 Å². The van der Waals surface area contributed by atoms with Crippen LogP contribution in [0, 0.1) is 0 Å². The number of anilines is 1. The molecular weight excluding hydrogens is 399 g/mol. The Hall–Kier alpha value is -1.93. The van der Waals surface area contributed by atoms with E-state index in [1.54, 1.807) is 4.90 Å². The van der Waals surface area contributed by atoms with Crippen molar-refractivity contribution < 1.29 is 22.9 Å². The van der Waals surface area contributed by atoms with Gasteiger partial charge >= 0.3 is 6.18 Å². The van der Waals surface area contributed by atoms with Crippen molar-refractivity contribution in [2.45, 2.75) is 11.1 Å². The van der Waals surface area contributed by atoms with Crippen molar-refractivity contribution in [2.75, 3.05) is 36.8 Å². The number of hydrogen-bond acceptors (Lipinski definition) is 3. The molecule has 0 unspecified atom stereocenters. The van der Waals surface area contributed by atoms with Gasteiger partial charge in [0.1, 0.15) is 24.3 Å². The van der Waals surface area contributed by atoms with Gasteiger partial charge in [0.25, 0.3) is 5.82 Å². The second-order valence-electron chi connectivity index (χ2n) is 6.05. The van der Waals surface area contributed by atoms with Crippen molar-refractivity contribution in [3.05, 3.63) is 53.2 Å². The number of hydrogen-bond donors (Lipinski definition) is 0. The van der Waals surface area contributed by atoms with E-state index >= 15 is 0 Å². The van der Waals surface area contributed by atoms with Crippen molar-refractivity contribution in [1.29, 1.82) is 0 Å². The molecule has 0 atom stereocenters. The zero-order valence-corrected chi connectivity index (χ0v) is 15.9. The van der Waals surface area contributed by atoms with E-state index in [1.807, 2.05) is 35.2 Å². The van der Waals surface area contributed by atoms with Gasteiger partial charge in [-0.2, -0.15) is 13.2 Å². The van der Waals surface area contributed by atoms with Crippen LogP contribution in [0.1, 0.15) is 5.56 Å². The quantitative estimate of drug-likeness (QED) is 0.714. The van der Waals surface area contributed by atoms with Gasteiger partial charge in [-0.05, 0) is 18.2 Å². The molecule has 0 radical (unpaired) electrons. The third kappa shape index (κ3) is 5.07. The van der Waals surface area contributed by atoms with Crippen LogP contribution >= 0.6 is 23.4 Å². The number of benzene rings is 1. The number of carbonyl (C=O) groups excluding carboxylic acids is 1. The standard InChI is InChI=1S/C18H17ClF3N3OS/c19-15-10-13(18(20,21)22)11-23-17(15)25-8-6-24(7-9-25)16(26)12-27-14-4-2-1-3-5-14/h1-5,10-11H,6-9,12H2/p+1. The fraction of sp³-hybridized carbons (Fsp3) is 0.333. The lowest BCUT2D eigenvalue weighted by Crippen LogP contribution is -2.50. The average molecular weight is 417 g/mol. The minimum atomic E-state index is -4.44. The first kappa shape index (κ1) is 19.8. The Morgan fingerprint density at radius 1 is 1.15 bits per heavy atom. The number of nitrogens with one attached hydrogen (secondary N) is 1. The van der Waals surface area contributed by atoms with Crippen LogP contribution in [-0.2, 0) is 11.0 Å². The van der Waals surface area contributed by atoms with Gasteiger partial charge in [0.05, 0.1) is 24.4 Å². The number of halogens is 4. The summed E-state index contributed by atoms with van der Waals surface area (Å²) in [5.74, 6) is 0.846. The molecule has 1 saturated heterocycles. The Bertz CT molecular complexity index is 796. The van der Waals surface area contributed by atoms with E-state index in [-0.39, 0.29) is 10.9 Å². The maximum absolute atomic E-state index is 12.7. The highest BCUT2D eigenvalue weighted by molar-refractivity contribution is 8.00. The number of pyridine rings is 1. The molecule has 0 aliphatic carbocycles. The molecule has 1 aliphatic rings. The molecule has 1 aromatic carbocycles. The Kier molecular flexibility index (Phi) is 6.16. The van der Waals surface area contributed by atoms with E-state index in [9.17, 15) is 18.0 Å². The van der Waals surface area contributed by atoms with Gasteiger partial charge < -0.3 is 4.90 Å². The predicted octanol–water partition coefficient (Wildman–Crippen LogP) is 3.61. The lowest BCUT2D eigenvalue weighted by molar-refractivity contribution is -0.367. The van der Waals surface area contributed by atoms with Crippen molar-refractivity contribution in [3.8, 4) is 0 Å². The molecule has 1 aromatic heterocycles. The highest BCUT2D eigenvalue weighted by atomic mass is 35.5. The van der Waals surface area contributed by atoms with Gasteiger partial charge in [0.2, 0.25) is 5.91 Å². The molecule has 3 rings (SSSR count). The number of aromatic nitrogens is 1. The molecule has 2 heterocycles. The van der Waals surface area contributed by atoms with Crippen molar-refractivity contribution in [1.82, 2.24) is 4.90 Å². The summed E-state index contributed by atoms with van der Waals surface area (Å²) in [5, 5.41) is 0.0178. The Morgan fingerprint density at radius 3 is 2.41 bits per heavy atom.